The molecule has 23 heavy (non-hydrogen) atoms. The van der Waals surface area contributed by atoms with Crippen LogP contribution in [0.4, 0.5) is 5.82 Å². The molecule has 1 saturated heterocycles. The van der Waals surface area contributed by atoms with Gasteiger partial charge in [-0.3, -0.25) is 4.90 Å². The molecule has 1 aliphatic rings. The van der Waals surface area contributed by atoms with E-state index in [2.05, 4.69) is 38.4 Å². The Morgan fingerprint density at radius 3 is 3.09 bits per heavy atom. The predicted molar refractivity (Wildman–Crippen MR) is 94.0 cm³/mol. The average molecular weight is 332 g/mol. The Balaban J connectivity index is 1.63. The first-order valence-corrected chi connectivity index (χ1v) is 8.89. The van der Waals surface area contributed by atoms with Crippen LogP contribution in [0, 0.1) is 5.92 Å². The van der Waals surface area contributed by atoms with E-state index in [-0.39, 0.29) is 0 Å². The summed E-state index contributed by atoms with van der Waals surface area (Å²) in [6.07, 6.45) is 2.59. The van der Waals surface area contributed by atoms with E-state index in [4.69, 9.17) is 4.74 Å². The third kappa shape index (κ3) is 4.73. The summed E-state index contributed by atoms with van der Waals surface area (Å²) in [6, 6.07) is 6.41. The smallest absolute Gasteiger partial charge is 0.131 e. The lowest BCUT2D eigenvalue weighted by molar-refractivity contribution is 0.121. The Morgan fingerprint density at radius 1 is 1.39 bits per heavy atom. The first-order valence-electron chi connectivity index (χ1n) is 8.01. The fraction of sp³-hybridized carbons (Fsp3) is 0.529. The minimum atomic E-state index is 0.474. The zero-order valence-electron chi connectivity index (χ0n) is 13.8. The van der Waals surface area contributed by atoms with Gasteiger partial charge in [-0.15, -0.1) is 11.3 Å². The van der Waals surface area contributed by atoms with Crippen molar-refractivity contribution in [2.75, 3.05) is 45.3 Å². The molecule has 3 rings (SSSR count). The molecule has 2 aromatic heterocycles. The van der Waals surface area contributed by atoms with Crippen LogP contribution in [0.25, 0.3) is 0 Å². The predicted octanol–water partition coefficient (Wildman–Crippen LogP) is 2.30. The number of thiophene rings is 1. The molecule has 0 unspecified atom stereocenters. The zero-order valence-corrected chi connectivity index (χ0v) is 14.6. The maximum Gasteiger partial charge on any atom is 0.131 e. The van der Waals surface area contributed by atoms with Crippen molar-refractivity contribution in [1.29, 1.82) is 0 Å². The molecule has 1 fully saturated rings. The molecule has 3 heterocycles. The number of hydrogen-bond donors (Lipinski definition) is 0. The Bertz CT molecular complexity index is 602. The molecule has 0 bridgehead atoms. The molecule has 1 atom stereocenters. The number of ether oxygens (including phenoxy) is 1. The molecule has 0 amide bonds. The van der Waals surface area contributed by atoms with Crippen molar-refractivity contribution in [3.05, 3.63) is 40.5 Å². The van der Waals surface area contributed by atoms with Gasteiger partial charge in [0.15, 0.2) is 0 Å². The molecule has 0 radical (unpaired) electrons. The number of hydrogen-bond acceptors (Lipinski definition) is 6. The van der Waals surface area contributed by atoms with Gasteiger partial charge in [0, 0.05) is 56.3 Å². The molecular formula is C17H24N4OS. The van der Waals surface area contributed by atoms with Crippen LogP contribution in [0.3, 0.4) is 0 Å². The van der Waals surface area contributed by atoms with Crippen LogP contribution in [-0.2, 0) is 17.7 Å². The van der Waals surface area contributed by atoms with Gasteiger partial charge in [-0.25, -0.2) is 9.97 Å². The molecule has 0 aliphatic carbocycles. The van der Waals surface area contributed by atoms with E-state index in [0.717, 1.165) is 50.8 Å². The van der Waals surface area contributed by atoms with E-state index in [9.17, 15) is 0 Å². The second-order valence-electron chi connectivity index (χ2n) is 6.22. The maximum absolute atomic E-state index is 5.81. The van der Waals surface area contributed by atoms with Crippen molar-refractivity contribution in [2.24, 2.45) is 5.92 Å². The SMILES string of the molecule is CN(C)c1cc(C[C@@H]2COCCN(Cc3cccs3)C2)ncn1. The summed E-state index contributed by atoms with van der Waals surface area (Å²) in [5.74, 6) is 1.43. The topological polar surface area (TPSA) is 41.5 Å². The van der Waals surface area contributed by atoms with Gasteiger partial charge in [0.2, 0.25) is 0 Å². The lowest BCUT2D eigenvalue weighted by atomic mass is 10.0. The van der Waals surface area contributed by atoms with E-state index < -0.39 is 0 Å². The minimum absolute atomic E-state index is 0.474. The molecule has 1 aliphatic heterocycles. The molecule has 0 saturated carbocycles. The number of anilines is 1. The Labute approximate surface area is 141 Å². The lowest BCUT2D eigenvalue weighted by Crippen LogP contribution is -2.30. The Hall–Kier alpha value is -1.50. The van der Waals surface area contributed by atoms with Gasteiger partial charge in [-0.1, -0.05) is 6.07 Å². The van der Waals surface area contributed by atoms with Crippen LogP contribution in [0.5, 0.6) is 0 Å². The summed E-state index contributed by atoms with van der Waals surface area (Å²) in [5, 5.41) is 2.14. The van der Waals surface area contributed by atoms with Gasteiger partial charge < -0.3 is 9.64 Å². The van der Waals surface area contributed by atoms with Crippen molar-refractivity contribution >= 4 is 17.2 Å². The van der Waals surface area contributed by atoms with Crippen LogP contribution >= 0.6 is 11.3 Å². The van der Waals surface area contributed by atoms with E-state index in [0.29, 0.717) is 5.92 Å². The van der Waals surface area contributed by atoms with E-state index in [1.54, 1.807) is 6.33 Å². The highest BCUT2D eigenvalue weighted by atomic mass is 32.1. The molecule has 0 N–H and O–H groups in total. The second-order valence-corrected chi connectivity index (χ2v) is 7.25. The highest BCUT2D eigenvalue weighted by Crippen LogP contribution is 2.18. The molecule has 2 aromatic rings. The lowest BCUT2D eigenvalue weighted by Gasteiger charge is -2.22. The van der Waals surface area contributed by atoms with E-state index >= 15 is 0 Å². The number of nitrogens with zero attached hydrogens (tertiary/aromatic N) is 4. The molecule has 0 spiro atoms. The van der Waals surface area contributed by atoms with Crippen molar-refractivity contribution in [2.45, 2.75) is 13.0 Å². The van der Waals surface area contributed by atoms with Crippen molar-refractivity contribution in [3.63, 3.8) is 0 Å². The van der Waals surface area contributed by atoms with E-state index in [1.807, 2.05) is 30.3 Å². The third-order valence-corrected chi connectivity index (χ3v) is 4.91. The first-order chi connectivity index (χ1) is 11.2. The van der Waals surface area contributed by atoms with Crippen LogP contribution in [0.1, 0.15) is 10.6 Å². The number of rotatable bonds is 5. The maximum atomic E-state index is 5.81. The standard InChI is InChI=1S/C17H24N4OS/c1-20(2)17-9-15(18-13-19-17)8-14-10-21(5-6-22-12-14)11-16-4-3-7-23-16/h3-4,7,9,13-14H,5-6,8,10-12H2,1-2H3/t14-/m0/s1. The largest absolute Gasteiger partial charge is 0.380 e. The molecule has 6 heteroatoms. The van der Waals surface area contributed by atoms with Gasteiger partial charge >= 0.3 is 0 Å². The van der Waals surface area contributed by atoms with Crippen LogP contribution in [-0.4, -0.2) is 55.3 Å². The first kappa shape index (κ1) is 16.4. The quantitative estimate of drug-likeness (QED) is 0.840. The van der Waals surface area contributed by atoms with Gasteiger partial charge in [-0.05, 0) is 17.9 Å². The summed E-state index contributed by atoms with van der Waals surface area (Å²) in [4.78, 5) is 14.7. The van der Waals surface area contributed by atoms with E-state index in [1.165, 1.54) is 4.88 Å². The molecular weight excluding hydrogens is 308 g/mol. The molecule has 0 aromatic carbocycles. The highest BCUT2D eigenvalue weighted by Gasteiger charge is 2.20. The van der Waals surface area contributed by atoms with Crippen molar-refractivity contribution in [3.8, 4) is 0 Å². The summed E-state index contributed by atoms with van der Waals surface area (Å²) in [7, 11) is 4.01. The van der Waals surface area contributed by atoms with Gasteiger partial charge in [-0.2, -0.15) is 0 Å². The van der Waals surface area contributed by atoms with Gasteiger partial charge in [0.1, 0.15) is 12.1 Å². The molecule has 124 valence electrons. The Kier molecular flexibility index (Phi) is 5.59. The van der Waals surface area contributed by atoms with Crippen molar-refractivity contribution in [1.82, 2.24) is 14.9 Å². The summed E-state index contributed by atoms with van der Waals surface area (Å²) >= 11 is 1.83. The summed E-state index contributed by atoms with van der Waals surface area (Å²) in [5.41, 5.74) is 1.09. The molecule has 5 nitrogen and oxygen atoms in total. The van der Waals surface area contributed by atoms with Gasteiger partial charge in [0.05, 0.1) is 13.2 Å². The highest BCUT2D eigenvalue weighted by molar-refractivity contribution is 7.09. The number of aromatic nitrogens is 2. The third-order valence-electron chi connectivity index (χ3n) is 4.05. The second kappa shape index (κ2) is 7.86. The normalized spacial score (nSPS) is 19.5. The summed E-state index contributed by atoms with van der Waals surface area (Å²) < 4.78 is 5.81. The van der Waals surface area contributed by atoms with Gasteiger partial charge in [0.25, 0.3) is 0 Å². The fourth-order valence-corrected chi connectivity index (χ4v) is 3.63. The summed E-state index contributed by atoms with van der Waals surface area (Å²) in [6.45, 7) is 4.70. The monoisotopic (exact) mass is 332 g/mol. The average Bonchev–Trinajstić information content (AvgIpc) is 2.94. The zero-order chi connectivity index (χ0) is 16.1. The minimum Gasteiger partial charge on any atom is -0.380 e. The van der Waals surface area contributed by atoms with Crippen LogP contribution in [0.15, 0.2) is 29.9 Å². The Morgan fingerprint density at radius 2 is 2.30 bits per heavy atom. The van der Waals surface area contributed by atoms with Crippen molar-refractivity contribution < 1.29 is 4.74 Å². The van der Waals surface area contributed by atoms with Crippen LogP contribution in [0.2, 0.25) is 0 Å². The van der Waals surface area contributed by atoms with Crippen LogP contribution < -0.4 is 4.90 Å². The fourth-order valence-electron chi connectivity index (χ4n) is 2.88.